The van der Waals surface area contributed by atoms with Gasteiger partial charge in [0.15, 0.2) is 5.75 Å². The van der Waals surface area contributed by atoms with Gasteiger partial charge >= 0.3 is 15.6 Å². The molecular weight excluding hydrogens is 547 g/mol. The van der Waals surface area contributed by atoms with Crippen molar-refractivity contribution < 1.29 is 25.8 Å². The number of benzene rings is 6. The summed E-state index contributed by atoms with van der Waals surface area (Å²) in [7, 11) is -5.89. The van der Waals surface area contributed by atoms with Crippen LogP contribution in [0.5, 0.6) is 5.75 Å². The van der Waals surface area contributed by atoms with Gasteiger partial charge in [-0.2, -0.15) is 21.6 Å². The maximum atomic E-state index is 13.3. The van der Waals surface area contributed by atoms with E-state index in [9.17, 15) is 21.6 Å². The fourth-order valence-electron chi connectivity index (χ4n) is 5.48. The number of para-hydroxylation sites is 1. The smallest absolute Gasteiger partial charge is 0.375 e. The molecule has 0 N–H and O–H groups in total. The molecule has 0 fully saturated rings. The maximum Gasteiger partial charge on any atom is 0.534 e. The second-order valence-electron chi connectivity index (χ2n) is 9.76. The van der Waals surface area contributed by atoms with Crippen LogP contribution in [0, 0.1) is 0 Å². The third-order valence-electron chi connectivity index (χ3n) is 7.31. The molecule has 0 aliphatic heterocycles. The molecule has 0 saturated heterocycles. The highest BCUT2D eigenvalue weighted by molar-refractivity contribution is 7.88. The van der Waals surface area contributed by atoms with Crippen LogP contribution in [0.1, 0.15) is 0 Å². The van der Waals surface area contributed by atoms with Gasteiger partial charge in [0.2, 0.25) is 0 Å². The SMILES string of the molecule is O=S(=O)(Oc1cc2c(c3ccccc13)c1ccc(-c3ccc4ccccc4c3)cc1n2-c1ccccc1)C(F)(F)F. The fourth-order valence-corrected chi connectivity index (χ4v) is 5.95. The number of hydrogen-bond acceptors (Lipinski definition) is 3. The number of alkyl halides is 3. The van der Waals surface area contributed by atoms with Gasteiger partial charge in [-0.05, 0) is 51.6 Å². The van der Waals surface area contributed by atoms with Crippen LogP contribution in [0.25, 0.3) is 60.2 Å². The molecule has 7 aromatic rings. The Morgan fingerprint density at radius 1 is 0.585 bits per heavy atom. The molecule has 8 heteroatoms. The van der Waals surface area contributed by atoms with Crippen molar-refractivity contribution >= 4 is 53.5 Å². The van der Waals surface area contributed by atoms with Gasteiger partial charge in [-0.1, -0.05) is 91.0 Å². The quantitative estimate of drug-likeness (QED) is 0.158. The summed E-state index contributed by atoms with van der Waals surface area (Å²) in [6.45, 7) is 0. The Balaban J connectivity index is 1.56. The van der Waals surface area contributed by atoms with Crippen molar-refractivity contribution in [2.45, 2.75) is 5.51 Å². The summed E-state index contributed by atoms with van der Waals surface area (Å²) in [5, 5.41) is 4.72. The predicted octanol–water partition coefficient (Wildman–Crippen LogP) is 8.99. The van der Waals surface area contributed by atoms with Crippen LogP contribution in [-0.2, 0) is 10.1 Å². The highest BCUT2D eigenvalue weighted by Crippen LogP contribution is 2.43. The molecule has 0 saturated carbocycles. The standard InChI is InChI=1S/C33H20F3NO3S/c34-33(35,36)41(38,39)40-31-20-30-32(27-13-7-6-12-26(27)31)28-17-16-24(19-29(28)37(30)25-10-2-1-3-11-25)23-15-14-21-8-4-5-9-22(21)18-23/h1-20H. The molecule has 0 atom stereocenters. The highest BCUT2D eigenvalue weighted by atomic mass is 32.2. The number of nitrogens with zero attached hydrogens (tertiary/aromatic N) is 1. The summed E-state index contributed by atoms with van der Waals surface area (Å²) in [6.07, 6.45) is 0. The van der Waals surface area contributed by atoms with Crippen LogP contribution in [0.4, 0.5) is 13.2 Å². The molecule has 1 heterocycles. The van der Waals surface area contributed by atoms with E-state index in [1.54, 1.807) is 24.3 Å². The van der Waals surface area contributed by atoms with Gasteiger partial charge in [-0.15, -0.1) is 0 Å². The van der Waals surface area contributed by atoms with Crippen molar-refractivity contribution in [2.24, 2.45) is 0 Å². The van der Waals surface area contributed by atoms with Gasteiger partial charge in [0.25, 0.3) is 0 Å². The van der Waals surface area contributed by atoms with E-state index in [2.05, 4.69) is 30.3 Å². The van der Waals surface area contributed by atoms with Gasteiger partial charge in [0, 0.05) is 27.9 Å². The van der Waals surface area contributed by atoms with Gasteiger partial charge in [0.05, 0.1) is 11.0 Å². The van der Waals surface area contributed by atoms with Crippen LogP contribution in [-0.4, -0.2) is 18.5 Å². The summed E-state index contributed by atoms with van der Waals surface area (Å²) in [6, 6.07) is 37.9. The molecular formula is C33H20F3NO3S. The van der Waals surface area contributed by atoms with E-state index in [4.69, 9.17) is 4.18 Å². The van der Waals surface area contributed by atoms with E-state index in [1.165, 1.54) is 6.07 Å². The number of aromatic nitrogens is 1. The zero-order valence-corrected chi connectivity index (χ0v) is 22.1. The molecule has 202 valence electrons. The normalized spacial score (nSPS) is 12.5. The second-order valence-corrected chi connectivity index (χ2v) is 11.3. The Labute approximate surface area is 233 Å². The summed E-state index contributed by atoms with van der Waals surface area (Å²) < 4.78 is 70.8. The van der Waals surface area contributed by atoms with Crippen LogP contribution in [0.2, 0.25) is 0 Å². The summed E-state index contributed by atoms with van der Waals surface area (Å²) >= 11 is 0. The molecule has 41 heavy (non-hydrogen) atoms. The van der Waals surface area contributed by atoms with E-state index in [-0.39, 0.29) is 11.1 Å². The Hall–Kier alpha value is -4.82. The van der Waals surface area contributed by atoms with Gasteiger partial charge in [0.1, 0.15) is 0 Å². The largest absolute Gasteiger partial charge is 0.534 e. The zero-order valence-electron chi connectivity index (χ0n) is 21.3. The third kappa shape index (κ3) is 4.10. The second kappa shape index (κ2) is 9.11. The molecule has 1 aromatic heterocycles. The molecule has 0 aliphatic carbocycles. The lowest BCUT2D eigenvalue weighted by atomic mass is 9.99. The van der Waals surface area contributed by atoms with E-state index < -0.39 is 15.6 Å². The lowest BCUT2D eigenvalue weighted by molar-refractivity contribution is -0.0499. The van der Waals surface area contributed by atoms with E-state index >= 15 is 0 Å². The fraction of sp³-hybridized carbons (Fsp3) is 0.0303. The topological polar surface area (TPSA) is 48.3 Å². The Morgan fingerprint density at radius 3 is 1.98 bits per heavy atom. The van der Waals surface area contributed by atoms with Crippen molar-refractivity contribution in [1.29, 1.82) is 0 Å². The van der Waals surface area contributed by atoms with E-state index in [0.717, 1.165) is 43.9 Å². The lowest BCUT2D eigenvalue weighted by Gasteiger charge is -2.14. The minimum absolute atomic E-state index is 0.263. The first-order chi connectivity index (χ1) is 19.7. The monoisotopic (exact) mass is 567 g/mol. The van der Waals surface area contributed by atoms with Crippen molar-refractivity contribution in [3.63, 3.8) is 0 Å². The first-order valence-electron chi connectivity index (χ1n) is 12.8. The summed E-state index contributed by atoms with van der Waals surface area (Å²) in [5.41, 5.74) is -1.48. The van der Waals surface area contributed by atoms with Gasteiger partial charge in [-0.3, -0.25) is 0 Å². The summed E-state index contributed by atoms with van der Waals surface area (Å²) in [4.78, 5) is 0. The number of halogens is 3. The van der Waals surface area contributed by atoms with Crippen LogP contribution < -0.4 is 4.18 Å². The molecule has 0 radical (unpaired) electrons. The number of fused-ring (bicyclic) bond motifs is 6. The van der Waals surface area contributed by atoms with Gasteiger partial charge < -0.3 is 8.75 Å². The van der Waals surface area contributed by atoms with Crippen LogP contribution in [0.15, 0.2) is 121 Å². The Bertz CT molecular complexity index is 2240. The molecule has 4 nitrogen and oxygen atoms in total. The Kier molecular flexibility index (Phi) is 5.59. The molecule has 0 aliphatic rings. The van der Waals surface area contributed by atoms with Crippen LogP contribution >= 0.6 is 0 Å². The Morgan fingerprint density at radius 2 is 1.22 bits per heavy atom. The minimum atomic E-state index is -5.89. The lowest BCUT2D eigenvalue weighted by Crippen LogP contribution is -2.28. The van der Waals surface area contributed by atoms with Crippen molar-refractivity contribution in [3.8, 4) is 22.6 Å². The van der Waals surface area contributed by atoms with Crippen molar-refractivity contribution in [1.82, 2.24) is 4.57 Å². The molecule has 0 amide bonds. The average molecular weight is 568 g/mol. The van der Waals surface area contributed by atoms with Crippen molar-refractivity contribution in [3.05, 3.63) is 121 Å². The maximum absolute atomic E-state index is 13.3. The molecule has 7 rings (SSSR count). The third-order valence-corrected chi connectivity index (χ3v) is 8.28. The van der Waals surface area contributed by atoms with Gasteiger partial charge in [-0.25, -0.2) is 0 Å². The molecule has 0 bridgehead atoms. The van der Waals surface area contributed by atoms with E-state index in [0.29, 0.717) is 10.9 Å². The minimum Gasteiger partial charge on any atom is -0.375 e. The first kappa shape index (κ1) is 25.2. The van der Waals surface area contributed by atoms with Crippen LogP contribution in [0.3, 0.4) is 0 Å². The summed E-state index contributed by atoms with van der Waals surface area (Å²) in [5.74, 6) is -0.389. The molecule has 6 aromatic carbocycles. The predicted molar refractivity (Wildman–Crippen MR) is 157 cm³/mol. The van der Waals surface area contributed by atoms with E-state index in [1.807, 2.05) is 65.2 Å². The first-order valence-corrected chi connectivity index (χ1v) is 14.2. The zero-order chi connectivity index (χ0) is 28.4. The average Bonchev–Trinajstić information content (AvgIpc) is 3.30. The molecule has 0 unspecified atom stereocenters. The number of rotatable bonds is 4. The molecule has 0 spiro atoms. The number of hydrogen-bond donors (Lipinski definition) is 0. The highest BCUT2D eigenvalue weighted by Gasteiger charge is 2.48. The van der Waals surface area contributed by atoms with Crippen molar-refractivity contribution in [2.75, 3.05) is 0 Å².